The Bertz CT molecular complexity index is 201. The van der Waals surface area contributed by atoms with Crippen LogP contribution in [0.25, 0.3) is 5.76 Å². The molecule has 0 aliphatic carbocycles. The molecule has 0 fully saturated rings. The largest absolute Gasteiger partial charge is 0.872 e. The fourth-order valence-corrected chi connectivity index (χ4v) is 0.624. The van der Waals surface area contributed by atoms with E-state index in [4.69, 9.17) is 0 Å². The first-order chi connectivity index (χ1) is 4.30. The summed E-state index contributed by atoms with van der Waals surface area (Å²) in [5.41, 5.74) is 0.664. The summed E-state index contributed by atoms with van der Waals surface area (Å²) < 4.78 is 0. The van der Waals surface area contributed by atoms with Crippen LogP contribution in [0.4, 0.5) is 0 Å². The number of hydrogen-bond donors (Lipinski definition) is 0. The first kappa shape index (κ1) is 5.89. The molecule has 0 saturated heterocycles. The Kier molecular flexibility index (Phi) is 1.54. The zero-order valence-corrected chi connectivity index (χ0v) is 5.00. The predicted octanol–water partition coefficient (Wildman–Crippen LogP) is 1.02. The van der Waals surface area contributed by atoms with Gasteiger partial charge in [-0.2, -0.15) is 0 Å². The van der Waals surface area contributed by atoms with Gasteiger partial charge in [0.1, 0.15) is 0 Å². The van der Waals surface area contributed by atoms with Gasteiger partial charge in [0.25, 0.3) is 0 Å². The van der Waals surface area contributed by atoms with E-state index in [0.717, 1.165) is 0 Å². The molecule has 0 spiro atoms. The van der Waals surface area contributed by atoms with Crippen LogP contribution in [0.5, 0.6) is 0 Å². The minimum atomic E-state index is -0.129. The van der Waals surface area contributed by atoms with E-state index >= 15 is 0 Å². The van der Waals surface area contributed by atoms with Crippen molar-refractivity contribution < 1.29 is 5.11 Å². The average molecular weight is 119 g/mol. The molecule has 0 atom stereocenters. The van der Waals surface area contributed by atoms with Crippen molar-refractivity contribution in [3.8, 4) is 0 Å². The molecule has 1 heteroatoms. The first-order valence-electron chi connectivity index (χ1n) is 2.72. The highest BCUT2D eigenvalue weighted by Gasteiger charge is 1.80. The normalized spacial score (nSPS) is 8.89. The van der Waals surface area contributed by atoms with Crippen LogP contribution in [-0.4, -0.2) is 0 Å². The van der Waals surface area contributed by atoms with Crippen LogP contribution in [0.15, 0.2) is 36.9 Å². The van der Waals surface area contributed by atoms with Gasteiger partial charge in [-0.25, -0.2) is 0 Å². The van der Waals surface area contributed by atoms with Gasteiger partial charge in [-0.3, -0.25) is 0 Å². The lowest BCUT2D eigenvalue weighted by atomic mass is 10.2. The fraction of sp³-hybridized carbons (Fsp3) is 0. The first-order valence-corrected chi connectivity index (χ1v) is 2.72. The molecule has 1 nitrogen and oxygen atoms in total. The van der Waals surface area contributed by atoms with Gasteiger partial charge < -0.3 is 5.11 Å². The van der Waals surface area contributed by atoms with Crippen molar-refractivity contribution in [1.29, 1.82) is 0 Å². The Morgan fingerprint density at radius 3 is 2.11 bits per heavy atom. The molecule has 1 aromatic rings. The van der Waals surface area contributed by atoms with E-state index in [2.05, 4.69) is 6.58 Å². The van der Waals surface area contributed by atoms with Crippen molar-refractivity contribution in [2.24, 2.45) is 0 Å². The lowest BCUT2D eigenvalue weighted by molar-refractivity contribution is -0.243. The SMILES string of the molecule is C=C([O-])c1ccccc1. The van der Waals surface area contributed by atoms with Crippen LogP contribution in [0.1, 0.15) is 5.56 Å². The van der Waals surface area contributed by atoms with Crippen molar-refractivity contribution in [2.45, 2.75) is 0 Å². The predicted molar refractivity (Wildman–Crippen MR) is 35.5 cm³/mol. The summed E-state index contributed by atoms with van der Waals surface area (Å²) in [5.74, 6) is -0.129. The summed E-state index contributed by atoms with van der Waals surface area (Å²) in [7, 11) is 0. The molecule has 0 aliphatic rings. The maximum absolute atomic E-state index is 10.5. The summed E-state index contributed by atoms with van der Waals surface area (Å²) in [6.07, 6.45) is 0. The van der Waals surface area contributed by atoms with Gasteiger partial charge in [0.2, 0.25) is 0 Å². The summed E-state index contributed by atoms with van der Waals surface area (Å²) in [6.45, 7) is 3.27. The highest BCUT2D eigenvalue weighted by Crippen LogP contribution is 2.03. The zero-order valence-electron chi connectivity index (χ0n) is 5.00. The van der Waals surface area contributed by atoms with E-state index in [0.29, 0.717) is 5.56 Å². The molecule has 0 unspecified atom stereocenters. The van der Waals surface area contributed by atoms with Gasteiger partial charge in [0.15, 0.2) is 0 Å². The molecule has 0 radical (unpaired) electrons. The third-order valence-electron chi connectivity index (χ3n) is 1.10. The lowest BCUT2D eigenvalue weighted by Gasteiger charge is -2.07. The lowest BCUT2D eigenvalue weighted by Crippen LogP contribution is -1.98. The van der Waals surface area contributed by atoms with Crippen molar-refractivity contribution in [3.63, 3.8) is 0 Å². The topological polar surface area (TPSA) is 23.1 Å². The van der Waals surface area contributed by atoms with Crippen LogP contribution in [-0.2, 0) is 0 Å². The minimum absolute atomic E-state index is 0.129. The minimum Gasteiger partial charge on any atom is -0.872 e. The van der Waals surface area contributed by atoms with Gasteiger partial charge in [-0.15, -0.1) is 12.3 Å². The quantitative estimate of drug-likeness (QED) is 0.506. The number of rotatable bonds is 1. The molecule has 9 heavy (non-hydrogen) atoms. The third kappa shape index (κ3) is 1.32. The van der Waals surface area contributed by atoms with Crippen molar-refractivity contribution in [1.82, 2.24) is 0 Å². The van der Waals surface area contributed by atoms with Gasteiger partial charge >= 0.3 is 0 Å². The van der Waals surface area contributed by atoms with Crippen LogP contribution in [0, 0.1) is 0 Å². The van der Waals surface area contributed by atoms with Crippen LogP contribution in [0.2, 0.25) is 0 Å². The molecule has 1 aromatic carbocycles. The van der Waals surface area contributed by atoms with E-state index in [-0.39, 0.29) is 5.76 Å². The Morgan fingerprint density at radius 1 is 1.22 bits per heavy atom. The molecule has 0 saturated carbocycles. The average Bonchev–Trinajstić information content (AvgIpc) is 1.90. The second kappa shape index (κ2) is 2.35. The van der Waals surface area contributed by atoms with Crippen molar-refractivity contribution >= 4 is 5.76 Å². The second-order valence-electron chi connectivity index (χ2n) is 1.79. The zero-order chi connectivity index (χ0) is 6.69. The number of hydrogen-bond acceptors (Lipinski definition) is 1. The van der Waals surface area contributed by atoms with E-state index < -0.39 is 0 Å². The summed E-state index contributed by atoms with van der Waals surface area (Å²) in [5, 5.41) is 10.5. The molecule has 0 bridgehead atoms. The van der Waals surface area contributed by atoms with Gasteiger partial charge in [0, 0.05) is 0 Å². The molecule has 46 valence electrons. The highest BCUT2D eigenvalue weighted by atomic mass is 16.3. The van der Waals surface area contributed by atoms with Crippen LogP contribution >= 0.6 is 0 Å². The molecule has 0 amide bonds. The van der Waals surface area contributed by atoms with Gasteiger partial charge in [-0.1, -0.05) is 30.3 Å². The van der Waals surface area contributed by atoms with E-state index in [1.807, 2.05) is 18.2 Å². The Balaban J connectivity index is 2.98. The van der Waals surface area contributed by atoms with Crippen molar-refractivity contribution in [2.75, 3.05) is 0 Å². The van der Waals surface area contributed by atoms with Crippen molar-refractivity contribution in [3.05, 3.63) is 42.5 Å². The smallest absolute Gasteiger partial charge is 0.0341 e. The van der Waals surface area contributed by atoms with E-state index in [1.165, 1.54) is 0 Å². The van der Waals surface area contributed by atoms with Crippen LogP contribution in [0.3, 0.4) is 0 Å². The van der Waals surface area contributed by atoms with E-state index in [1.54, 1.807) is 12.1 Å². The van der Waals surface area contributed by atoms with Crippen LogP contribution < -0.4 is 5.11 Å². The summed E-state index contributed by atoms with van der Waals surface area (Å²) in [4.78, 5) is 0. The highest BCUT2D eigenvalue weighted by molar-refractivity contribution is 5.53. The standard InChI is InChI=1S/C8H8O/c1-7(9)8-5-3-2-4-6-8/h2-6,9H,1H2/p-1. The summed E-state index contributed by atoms with van der Waals surface area (Å²) in [6, 6.07) is 8.99. The molecule has 1 rings (SSSR count). The Labute approximate surface area is 54.3 Å². The molecule has 0 heterocycles. The maximum atomic E-state index is 10.5. The third-order valence-corrected chi connectivity index (χ3v) is 1.10. The second-order valence-corrected chi connectivity index (χ2v) is 1.79. The monoisotopic (exact) mass is 119 g/mol. The Hall–Kier alpha value is -1.24. The Morgan fingerprint density at radius 2 is 1.78 bits per heavy atom. The molecule has 0 aromatic heterocycles. The fourth-order valence-electron chi connectivity index (χ4n) is 0.624. The molecular formula is C8H7O-. The molecular weight excluding hydrogens is 112 g/mol. The summed E-state index contributed by atoms with van der Waals surface area (Å²) >= 11 is 0. The molecule has 0 N–H and O–H groups in total. The van der Waals surface area contributed by atoms with E-state index in [9.17, 15) is 5.11 Å². The number of benzene rings is 1. The maximum Gasteiger partial charge on any atom is -0.0341 e. The molecule has 0 aliphatic heterocycles. The van der Waals surface area contributed by atoms with Gasteiger partial charge in [0.05, 0.1) is 0 Å². The van der Waals surface area contributed by atoms with Gasteiger partial charge in [-0.05, 0) is 5.56 Å².